The van der Waals surface area contributed by atoms with Crippen LogP contribution in [0.2, 0.25) is 0 Å². The first-order chi connectivity index (χ1) is 25.3. The summed E-state index contributed by atoms with van der Waals surface area (Å²) in [7, 11) is 0. The molecule has 0 radical (unpaired) electrons. The van der Waals surface area contributed by atoms with Crippen molar-refractivity contribution in [2.75, 3.05) is 4.90 Å². The molecule has 0 fully saturated rings. The highest BCUT2D eigenvalue weighted by Crippen LogP contribution is 2.56. The topological polar surface area (TPSA) is 8.17 Å². The maximum Gasteiger partial charge on any atom is 0.0713 e. The minimum atomic E-state index is -0.471. The lowest BCUT2D eigenvalue weighted by atomic mass is 9.67. The SMILES string of the molecule is c1ccc(N(c2ccccc2)c2ccc3c(c2)c2cc(C4(c5ccccc5)c5ccccc5-c5ccccc54)ccc2n3-c2ccccc2)cc1. The first-order valence-electron chi connectivity index (χ1n) is 17.6. The first-order valence-corrected chi connectivity index (χ1v) is 17.6. The van der Waals surface area contributed by atoms with Gasteiger partial charge in [0.1, 0.15) is 0 Å². The largest absolute Gasteiger partial charge is 0.310 e. The summed E-state index contributed by atoms with van der Waals surface area (Å²) in [4.78, 5) is 2.35. The van der Waals surface area contributed by atoms with Crippen LogP contribution in [0.3, 0.4) is 0 Å². The molecule has 0 atom stereocenters. The molecule has 1 heterocycles. The summed E-state index contributed by atoms with van der Waals surface area (Å²) < 4.78 is 2.42. The Bertz CT molecular complexity index is 2590. The van der Waals surface area contributed by atoms with Crippen molar-refractivity contribution < 1.29 is 0 Å². The van der Waals surface area contributed by atoms with E-state index in [0.29, 0.717) is 0 Å². The number of fused-ring (bicyclic) bond motifs is 6. The maximum atomic E-state index is 2.47. The molecule has 0 spiro atoms. The van der Waals surface area contributed by atoms with Crippen LogP contribution in [0.25, 0.3) is 38.6 Å². The molecule has 1 aromatic heterocycles. The maximum absolute atomic E-state index is 2.47. The molecule has 10 rings (SSSR count). The second kappa shape index (κ2) is 11.8. The molecule has 2 heteroatoms. The van der Waals surface area contributed by atoms with Crippen LogP contribution < -0.4 is 4.90 Å². The molecular weight excluding hydrogens is 617 g/mol. The second-order valence-corrected chi connectivity index (χ2v) is 13.3. The van der Waals surface area contributed by atoms with E-state index in [4.69, 9.17) is 0 Å². The molecule has 0 aliphatic heterocycles. The first kappa shape index (κ1) is 29.3. The number of benzene rings is 8. The van der Waals surface area contributed by atoms with Gasteiger partial charge in [0.15, 0.2) is 0 Å². The predicted molar refractivity (Wildman–Crippen MR) is 213 cm³/mol. The Hall–Kier alpha value is -6.64. The standard InChI is InChI=1S/C49H34N2/c1-5-17-35(18-6-1)49(45-27-15-13-25-41(45)42-26-14-16-28-46(42)49)36-29-31-47-43(33-36)44-34-40(30-32-48(44)51(47)39-23-11-4-12-24-39)50(37-19-7-2-8-20-37)38-21-9-3-10-22-38/h1-34H. The van der Waals surface area contributed by atoms with E-state index in [-0.39, 0.29) is 0 Å². The molecule has 1 aliphatic carbocycles. The summed E-state index contributed by atoms with van der Waals surface area (Å²) in [5.74, 6) is 0. The molecule has 8 aromatic carbocycles. The monoisotopic (exact) mass is 650 g/mol. The van der Waals surface area contributed by atoms with E-state index in [0.717, 1.165) is 22.7 Å². The van der Waals surface area contributed by atoms with Crippen LogP contribution >= 0.6 is 0 Å². The molecule has 0 N–H and O–H groups in total. The van der Waals surface area contributed by atoms with Gasteiger partial charge in [-0.1, -0.05) is 140 Å². The van der Waals surface area contributed by atoms with E-state index in [1.807, 2.05) is 0 Å². The van der Waals surface area contributed by atoms with E-state index < -0.39 is 5.41 Å². The van der Waals surface area contributed by atoms with Crippen molar-refractivity contribution in [2.24, 2.45) is 0 Å². The Kier molecular flexibility index (Phi) is 6.75. The molecule has 1 aliphatic rings. The highest BCUT2D eigenvalue weighted by Gasteiger charge is 2.46. The Morgan fingerprint density at radius 3 is 1.41 bits per heavy atom. The van der Waals surface area contributed by atoms with Crippen LogP contribution in [0.15, 0.2) is 206 Å². The average molecular weight is 651 g/mol. The summed E-state index contributed by atoms with van der Waals surface area (Å²) in [6.07, 6.45) is 0. The van der Waals surface area contributed by atoms with Crippen molar-refractivity contribution in [1.82, 2.24) is 4.57 Å². The van der Waals surface area contributed by atoms with Gasteiger partial charge < -0.3 is 9.47 Å². The molecule has 0 saturated carbocycles. The Morgan fingerprint density at radius 2 is 0.824 bits per heavy atom. The number of anilines is 3. The third kappa shape index (κ3) is 4.43. The van der Waals surface area contributed by atoms with Crippen LogP contribution in [-0.4, -0.2) is 4.57 Å². The molecule has 9 aromatic rings. The normalized spacial score (nSPS) is 12.9. The van der Waals surface area contributed by atoms with Gasteiger partial charge in [0.05, 0.1) is 16.4 Å². The van der Waals surface area contributed by atoms with E-state index in [1.165, 1.54) is 55.2 Å². The number of aromatic nitrogens is 1. The Morgan fingerprint density at radius 1 is 0.353 bits per heavy atom. The molecule has 0 amide bonds. The molecule has 240 valence electrons. The predicted octanol–water partition coefficient (Wildman–Crippen LogP) is 12.6. The van der Waals surface area contributed by atoms with Gasteiger partial charge in [0, 0.05) is 33.5 Å². The van der Waals surface area contributed by atoms with Gasteiger partial charge >= 0.3 is 0 Å². The highest BCUT2D eigenvalue weighted by atomic mass is 15.1. The molecule has 0 bridgehead atoms. The van der Waals surface area contributed by atoms with Gasteiger partial charge in [-0.15, -0.1) is 0 Å². The molecule has 0 saturated heterocycles. The van der Waals surface area contributed by atoms with Crippen molar-refractivity contribution in [3.8, 4) is 16.8 Å². The van der Waals surface area contributed by atoms with E-state index in [9.17, 15) is 0 Å². The van der Waals surface area contributed by atoms with Crippen molar-refractivity contribution >= 4 is 38.9 Å². The smallest absolute Gasteiger partial charge is 0.0713 e. The molecule has 0 unspecified atom stereocenters. The van der Waals surface area contributed by atoms with Gasteiger partial charge in [0.2, 0.25) is 0 Å². The molecule has 2 nitrogen and oxygen atoms in total. The quantitative estimate of drug-likeness (QED) is 0.174. The molecular formula is C49H34N2. The van der Waals surface area contributed by atoms with Crippen molar-refractivity contribution in [3.05, 3.63) is 229 Å². The lowest BCUT2D eigenvalue weighted by Crippen LogP contribution is -2.28. The summed E-state index contributed by atoms with van der Waals surface area (Å²) in [5, 5.41) is 2.44. The third-order valence-corrected chi connectivity index (χ3v) is 10.6. The Labute approximate surface area is 298 Å². The Balaban J connectivity index is 1.29. The number of rotatable bonds is 6. The zero-order valence-corrected chi connectivity index (χ0v) is 28.0. The van der Waals surface area contributed by atoms with Crippen LogP contribution in [0.4, 0.5) is 17.1 Å². The van der Waals surface area contributed by atoms with Crippen molar-refractivity contribution in [3.63, 3.8) is 0 Å². The van der Waals surface area contributed by atoms with E-state index in [1.54, 1.807) is 0 Å². The van der Waals surface area contributed by atoms with Crippen molar-refractivity contribution in [2.45, 2.75) is 5.41 Å². The number of nitrogens with zero attached hydrogens (tertiary/aromatic N) is 2. The van der Waals surface area contributed by atoms with Gasteiger partial charge in [-0.05, 0) is 100 Å². The summed E-state index contributed by atoms with van der Waals surface area (Å²) in [5.41, 5.74) is 14.2. The highest BCUT2D eigenvalue weighted by molar-refractivity contribution is 6.11. The van der Waals surface area contributed by atoms with Crippen LogP contribution in [0.5, 0.6) is 0 Å². The van der Waals surface area contributed by atoms with E-state index >= 15 is 0 Å². The van der Waals surface area contributed by atoms with Gasteiger partial charge in [0.25, 0.3) is 0 Å². The minimum absolute atomic E-state index is 0.471. The van der Waals surface area contributed by atoms with Crippen LogP contribution in [0.1, 0.15) is 22.3 Å². The van der Waals surface area contributed by atoms with Gasteiger partial charge in [-0.3, -0.25) is 0 Å². The van der Waals surface area contributed by atoms with Gasteiger partial charge in [-0.2, -0.15) is 0 Å². The zero-order chi connectivity index (χ0) is 33.8. The van der Waals surface area contributed by atoms with Crippen LogP contribution in [-0.2, 0) is 5.41 Å². The third-order valence-electron chi connectivity index (χ3n) is 10.6. The summed E-state index contributed by atoms with van der Waals surface area (Å²) >= 11 is 0. The zero-order valence-electron chi connectivity index (χ0n) is 28.0. The van der Waals surface area contributed by atoms with Crippen molar-refractivity contribution in [1.29, 1.82) is 0 Å². The lowest BCUT2D eigenvalue weighted by molar-refractivity contribution is 0.770. The summed E-state index contributed by atoms with van der Waals surface area (Å²) in [6, 6.07) is 75.2. The fourth-order valence-corrected chi connectivity index (χ4v) is 8.55. The van der Waals surface area contributed by atoms with Crippen LogP contribution in [0, 0.1) is 0 Å². The fourth-order valence-electron chi connectivity index (χ4n) is 8.55. The lowest BCUT2D eigenvalue weighted by Gasteiger charge is -2.34. The number of para-hydroxylation sites is 3. The number of hydrogen-bond donors (Lipinski definition) is 0. The fraction of sp³-hybridized carbons (Fsp3) is 0.0204. The van der Waals surface area contributed by atoms with Gasteiger partial charge in [-0.25, -0.2) is 0 Å². The molecule has 51 heavy (non-hydrogen) atoms. The second-order valence-electron chi connectivity index (χ2n) is 13.3. The minimum Gasteiger partial charge on any atom is -0.310 e. The number of hydrogen-bond acceptors (Lipinski definition) is 1. The average Bonchev–Trinajstić information content (AvgIpc) is 3.70. The summed E-state index contributed by atoms with van der Waals surface area (Å²) in [6.45, 7) is 0. The van der Waals surface area contributed by atoms with E-state index in [2.05, 4.69) is 216 Å².